The summed E-state index contributed by atoms with van der Waals surface area (Å²) in [6, 6.07) is 3.57. The van der Waals surface area contributed by atoms with Crippen LogP contribution in [0.15, 0.2) is 41.8 Å². The minimum absolute atomic E-state index is 0.176. The van der Waals surface area contributed by atoms with Crippen LogP contribution in [0.3, 0.4) is 0 Å². The molecule has 0 unspecified atom stereocenters. The van der Waals surface area contributed by atoms with Gasteiger partial charge in [0.1, 0.15) is 0 Å². The van der Waals surface area contributed by atoms with Crippen molar-refractivity contribution in [1.29, 1.82) is 0 Å². The van der Waals surface area contributed by atoms with Gasteiger partial charge in [0.25, 0.3) is 5.97 Å². The van der Waals surface area contributed by atoms with E-state index in [9.17, 15) is 9.59 Å². The number of carbonyl (C=O) groups excluding carboxylic acids is 1. The standard InChI is InChI=1S/C8H8O2S.C4H6O2.C2H4O2/c1-6(2)8(9)10-7-4-3-5-11-7;1-3(2)4(5)6;1-2(3)4/h3-5H,1H2,2H3;1H2,2H3,(H,5,6);1H3,(H,3,4). The summed E-state index contributed by atoms with van der Waals surface area (Å²) in [6.07, 6.45) is 0. The molecule has 1 rings (SSSR count). The Morgan fingerprint density at radius 1 is 1.10 bits per heavy atom. The Morgan fingerprint density at radius 3 is 1.76 bits per heavy atom. The average Bonchev–Trinajstić information content (AvgIpc) is 2.81. The Hall–Kier alpha value is -2.41. The molecule has 0 amide bonds. The zero-order chi connectivity index (χ0) is 17.0. The number of carbonyl (C=O) groups is 3. The molecule has 7 heteroatoms. The van der Waals surface area contributed by atoms with E-state index in [0.717, 1.165) is 6.92 Å². The lowest BCUT2D eigenvalue weighted by Crippen LogP contribution is -2.06. The fraction of sp³-hybridized carbons (Fsp3) is 0.214. The summed E-state index contributed by atoms with van der Waals surface area (Å²) in [4.78, 5) is 29.5. The first-order chi connectivity index (χ1) is 9.57. The third kappa shape index (κ3) is 15.5. The van der Waals surface area contributed by atoms with Gasteiger partial charge in [0, 0.05) is 18.1 Å². The lowest BCUT2D eigenvalue weighted by atomic mass is 10.4. The monoisotopic (exact) mass is 314 g/mol. The molecule has 0 aliphatic carbocycles. The number of ether oxygens (including phenoxy) is 1. The maximum Gasteiger partial charge on any atom is 0.339 e. The number of carboxylic acids is 2. The first kappa shape index (κ1) is 20.9. The van der Waals surface area contributed by atoms with Crippen LogP contribution in [0.25, 0.3) is 0 Å². The largest absolute Gasteiger partial charge is 0.481 e. The summed E-state index contributed by atoms with van der Waals surface area (Å²) < 4.78 is 4.90. The molecular weight excluding hydrogens is 296 g/mol. The minimum Gasteiger partial charge on any atom is -0.481 e. The molecule has 1 aromatic heterocycles. The lowest BCUT2D eigenvalue weighted by molar-refractivity contribution is -0.134. The highest BCUT2D eigenvalue weighted by atomic mass is 32.1. The van der Waals surface area contributed by atoms with Crippen molar-refractivity contribution in [2.45, 2.75) is 20.8 Å². The van der Waals surface area contributed by atoms with Gasteiger partial charge in [0.05, 0.1) is 0 Å². The van der Waals surface area contributed by atoms with Crippen LogP contribution >= 0.6 is 11.3 Å². The maximum absolute atomic E-state index is 10.9. The highest BCUT2D eigenvalue weighted by molar-refractivity contribution is 7.11. The summed E-state index contributed by atoms with van der Waals surface area (Å²) in [5.41, 5.74) is 0.591. The molecule has 0 saturated heterocycles. The van der Waals surface area contributed by atoms with Gasteiger partial charge in [-0.3, -0.25) is 4.79 Å². The first-order valence-corrected chi connectivity index (χ1v) is 6.45. The highest BCUT2D eigenvalue weighted by Gasteiger charge is 2.04. The van der Waals surface area contributed by atoms with Crippen molar-refractivity contribution in [1.82, 2.24) is 0 Å². The zero-order valence-electron chi connectivity index (χ0n) is 12.1. The molecule has 21 heavy (non-hydrogen) atoms. The second-order valence-corrected chi connectivity index (χ2v) is 4.62. The second-order valence-electron chi connectivity index (χ2n) is 3.71. The topological polar surface area (TPSA) is 101 Å². The SMILES string of the molecule is C=C(C)C(=O)O.C=C(C)C(=O)Oc1cccs1.CC(=O)O. The van der Waals surface area contributed by atoms with E-state index < -0.39 is 11.9 Å². The van der Waals surface area contributed by atoms with E-state index >= 15 is 0 Å². The van der Waals surface area contributed by atoms with Crippen LogP contribution < -0.4 is 4.74 Å². The van der Waals surface area contributed by atoms with Crippen molar-refractivity contribution in [3.8, 4) is 5.06 Å². The number of carboxylic acid groups (broad SMARTS) is 2. The fourth-order valence-corrected chi connectivity index (χ4v) is 1.07. The molecule has 6 nitrogen and oxygen atoms in total. The molecule has 0 aromatic carbocycles. The molecule has 1 heterocycles. The summed E-state index contributed by atoms with van der Waals surface area (Å²) in [6.45, 7) is 10.8. The third-order valence-electron chi connectivity index (χ3n) is 1.40. The molecule has 0 atom stereocenters. The van der Waals surface area contributed by atoms with Gasteiger partial charge in [-0.15, -0.1) is 11.3 Å². The van der Waals surface area contributed by atoms with Gasteiger partial charge in [0.15, 0.2) is 5.06 Å². The van der Waals surface area contributed by atoms with Crippen molar-refractivity contribution >= 4 is 29.2 Å². The maximum atomic E-state index is 10.9. The Balaban J connectivity index is 0. The minimum atomic E-state index is -0.935. The van der Waals surface area contributed by atoms with Gasteiger partial charge >= 0.3 is 11.9 Å². The molecule has 0 spiro atoms. The van der Waals surface area contributed by atoms with Crippen LogP contribution in [-0.2, 0) is 14.4 Å². The predicted molar refractivity (Wildman–Crippen MR) is 80.5 cm³/mol. The van der Waals surface area contributed by atoms with E-state index in [1.165, 1.54) is 18.3 Å². The molecule has 116 valence electrons. The average molecular weight is 314 g/mol. The van der Waals surface area contributed by atoms with Crippen LogP contribution in [0.5, 0.6) is 5.06 Å². The van der Waals surface area contributed by atoms with E-state index in [-0.39, 0.29) is 11.5 Å². The quantitative estimate of drug-likeness (QED) is 0.657. The van der Waals surface area contributed by atoms with Crippen molar-refractivity contribution in [2.75, 3.05) is 0 Å². The Kier molecular flexibility index (Phi) is 11.4. The van der Waals surface area contributed by atoms with Gasteiger partial charge < -0.3 is 14.9 Å². The van der Waals surface area contributed by atoms with Crippen molar-refractivity contribution in [3.05, 3.63) is 41.8 Å². The van der Waals surface area contributed by atoms with Gasteiger partial charge in [-0.25, -0.2) is 9.59 Å². The molecule has 0 fully saturated rings. The van der Waals surface area contributed by atoms with Crippen molar-refractivity contribution in [3.63, 3.8) is 0 Å². The first-order valence-electron chi connectivity index (χ1n) is 5.57. The fourth-order valence-electron chi connectivity index (χ4n) is 0.500. The Morgan fingerprint density at radius 2 is 1.52 bits per heavy atom. The molecule has 0 radical (unpaired) electrons. The molecule has 0 saturated carbocycles. The Labute approximate surface area is 127 Å². The van der Waals surface area contributed by atoms with Gasteiger partial charge in [-0.1, -0.05) is 13.2 Å². The third-order valence-corrected chi connectivity index (χ3v) is 2.15. The van der Waals surface area contributed by atoms with Crippen LogP contribution in [0, 0.1) is 0 Å². The molecule has 0 aliphatic rings. The summed E-state index contributed by atoms with van der Waals surface area (Å²) in [5, 5.41) is 17.8. The zero-order valence-corrected chi connectivity index (χ0v) is 12.9. The normalized spacial score (nSPS) is 8.14. The summed E-state index contributed by atoms with van der Waals surface area (Å²) in [5.74, 6) is -2.14. The lowest BCUT2D eigenvalue weighted by Gasteiger charge is -1.97. The van der Waals surface area contributed by atoms with E-state index in [2.05, 4.69) is 13.2 Å². The second kappa shape index (κ2) is 11.4. The van der Waals surface area contributed by atoms with Crippen LogP contribution in [0.4, 0.5) is 0 Å². The van der Waals surface area contributed by atoms with E-state index in [0.29, 0.717) is 10.6 Å². The number of thiophene rings is 1. The summed E-state index contributed by atoms with van der Waals surface area (Å²) in [7, 11) is 0. The molecule has 1 aromatic rings. The van der Waals surface area contributed by atoms with Gasteiger partial charge in [-0.05, 0) is 31.4 Å². The van der Waals surface area contributed by atoms with E-state index in [1.54, 1.807) is 13.0 Å². The van der Waals surface area contributed by atoms with Crippen LogP contribution in [0.2, 0.25) is 0 Å². The smallest absolute Gasteiger partial charge is 0.339 e. The molecule has 0 bridgehead atoms. The highest BCUT2D eigenvalue weighted by Crippen LogP contribution is 2.18. The number of rotatable bonds is 3. The number of aliphatic carboxylic acids is 2. The van der Waals surface area contributed by atoms with Crippen LogP contribution in [-0.4, -0.2) is 28.1 Å². The number of esters is 1. The van der Waals surface area contributed by atoms with Gasteiger partial charge in [-0.2, -0.15) is 0 Å². The van der Waals surface area contributed by atoms with E-state index in [4.69, 9.17) is 19.7 Å². The predicted octanol–water partition coefficient (Wildman–Crippen LogP) is 2.97. The molecular formula is C14H18O6S. The van der Waals surface area contributed by atoms with Crippen molar-refractivity contribution < 1.29 is 29.3 Å². The molecule has 2 N–H and O–H groups in total. The van der Waals surface area contributed by atoms with Crippen molar-refractivity contribution in [2.24, 2.45) is 0 Å². The number of hydrogen-bond donors (Lipinski definition) is 2. The summed E-state index contributed by atoms with van der Waals surface area (Å²) >= 11 is 1.38. The van der Waals surface area contributed by atoms with Gasteiger partial charge in [0.2, 0.25) is 0 Å². The number of hydrogen-bond acceptors (Lipinski definition) is 5. The van der Waals surface area contributed by atoms with E-state index in [1.807, 2.05) is 11.4 Å². The Bertz CT molecular complexity index is 486. The van der Waals surface area contributed by atoms with Crippen LogP contribution in [0.1, 0.15) is 20.8 Å². The molecule has 0 aliphatic heterocycles.